The van der Waals surface area contributed by atoms with Gasteiger partial charge in [0.05, 0.1) is 34.2 Å². The summed E-state index contributed by atoms with van der Waals surface area (Å²) < 4.78 is 3.66. The fourth-order valence-electron chi connectivity index (χ4n) is 3.30. The molecule has 9 heteroatoms. The van der Waals surface area contributed by atoms with Gasteiger partial charge < -0.3 is 5.32 Å². The summed E-state index contributed by atoms with van der Waals surface area (Å²) in [5, 5.41) is 17.0. The second-order valence-corrected chi connectivity index (χ2v) is 8.90. The van der Waals surface area contributed by atoms with Crippen molar-refractivity contribution >= 4 is 35.0 Å². The standard InChI is InChI=1S/C23H23ClN6OS/c1-14-5-8-18(9-6-14)30-17(4)22(16(3)28-30)26-21(31)12-32-23-27-25-13-29(23)19-10-7-15(2)20(24)11-19/h5-11,13H,12H2,1-4H3,(H,26,31). The van der Waals surface area contributed by atoms with Crippen LogP contribution in [0, 0.1) is 27.7 Å². The first-order chi connectivity index (χ1) is 15.3. The van der Waals surface area contributed by atoms with Gasteiger partial charge in [-0.05, 0) is 57.5 Å². The van der Waals surface area contributed by atoms with Crippen LogP contribution in [-0.4, -0.2) is 36.2 Å². The maximum Gasteiger partial charge on any atom is 0.234 e. The maximum absolute atomic E-state index is 12.7. The van der Waals surface area contributed by atoms with Crippen LogP contribution in [0.2, 0.25) is 5.02 Å². The quantitative estimate of drug-likeness (QED) is 0.401. The smallest absolute Gasteiger partial charge is 0.234 e. The molecule has 0 unspecified atom stereocenters. The summed E-state index contributed by atoms with van der Waals surface area (Å²) in [6.07, 6.45) is 1.61. The molecule has 7 nitrogen and oxygen atoms in total. The van der Waals surface area contributed by atoms with E-state index in [1.165, 1.54) is 17.3 Å². The number of hydrogen-bond donors (Lipinski definition) is 1. The molecule has 0 spiro atoms. The third-order valence-electron chi connectivity index (χ3n) is 5.12. The lowest BCUT2D eigenvalue weighted by Gasteiger charge is -2.09. The molecule has 4 rings (SSSR count). The molecule has 0 atom stereocenters. The molecule has 0 radical (unpaired) electrons. The highest BCUT2D eigenvalue weighted by molar-refractivity contribution is 7.99. The average Bonchev–Trinajstić information content (AvgIpc) is 3.35. The van der Waals surface area contributed by atoms with Crippen LogP contribution in [0.5, 0.6) is 0 Å². The minimum Gasteiger partial charge on any atom is -0.322 e. The zero-order valence-electron chi connectivity index (χ0n) is 18.3. The van der Waals surface area contributed by atoms with Gasteiger partial charge in [0.25, 0.3) is 0 Å². The average molecular weight is 467 g/mol. The van der Waals surface area contributed by atoms with E-state index in [-0.39, 0.29) is 11.7 Å². The van der Waals surface area contributed by atoms with Crippen molar-refractivity contribution in [2.75, 3.05) is 11.1 Å². The number of aryl methyl sites for hydroxylation is 3. The zero-order chi connectivity index (χ0) is 22.8. The number of nitrogens with one attached hydrogen (secondary N) is 1. The summed E-state index contributed by atoms with van der Waals surface area (Å²) in [5.74, 6) is 0.0496. The van der Waals surface area contributed by atoms with Crippen LogP contribution in [0.4, 0.5) is 5.69 Å². The van der Waals surface area contributed by atoms with Crippen molar-refractivity contribution in [3.63, 3.8) is 0 Å². The van der Waals surface area contributed by atoms with Crippen molar-refractivity contribution < 1.29 is 4.79 Å². The van der Waals surface area contributed by atoms with Crippen LogP contribution in [0.25, 0.3) is 11.4 Å². The predicted molar refractivity (Wildman–Crippen MR) is 128 cm³/mol. The van der Waals surface area contributed by atoms with Crippen LogP contribution in [0.15, 0.2) is 53.9 Å². The Morgan fingerprint density at radius 1 is 1.06 bits per heavy atom. The number of hydrogen-bond acceptors (Lipinski definition) is 5. The summed E-state index contributed by atoms with van der Waals surface area (Å²) in [6.45, 7) is 7.82. The highest BCUT2D eigenvalue weighted by atomic mass is 35.5. The second-order valence-electron chi connectivity index (χ2n) is 7.55. The van der Waals surface area contributed by atoms with Crippen molar-refractivity contribution in [1.82, 2.24) is 24.5 Å². The zero-order valence-corrected chi connectivity index (χ0v) is 19.8. The highest BCUT2D eigenvalue weighted by Gasteiger charge is 2.17. The Bertz CT molecular complexity index is 1280. The van der Waals surface area contributed by atoms with Gasteiger partial charge in [-0.1, -0.05) is 47.1 Å². The van der Waals surface area contributed by atoms with Gasteiger partial charge in [0.1, 0.15) is 6.33 Å². The summed E-state index contributed by atoms with van der Waals surface area (Å²) >= 11 is 7.56. The van der Waals surface area contributed by atoms with Crippen LogP contribution < -0.4 is 5.32 Å². The number of nitrogens with zero attached hydrogens (tertiary/aromatic N) is 5. The number of halogens is 1. The van der Waals surface area contributed by atoms with Gasteiger partial charge in [-0.2, -0.15) is 5.10 Å². The third kappa shape index (κ3) is 4.56. The lowest BCUT2D eigenvalue weighted by Crippen LogP contribution is -2.15. The fraction of sp³-hybridized carbons (Fsp3) is 0.217. The van der Waals surface area contributed by atoms with Crippen LogP contribution in [0.3, 0.4) is 0 Å². The van der Waals surface area contributed by atoms with E-state index < -0.39 is 0 Å². The van der Waals surface area contributed by atoms with E-state index in [0.717, 1.165) is 34.0 Å². The van der Waals surface area contributed by atoms with Crippen LogP contribution in [-0.2, 0) is 4.79 Å². The van der Waals surface area contributed by atoms with E-state index in [1.54, 1.807) is 6.33 Å². The molecule has 0 aliphatic carbocycles. The molecule has 0 aliphatic heterocycles. The van der Waals surface area contributed by atoms with Gasteiger partial charge in [-0.25, -0.2) is 4.68 Å². The van der Waals surface area contributed by atoms with Crippen molar-refractivity contribution in [3.8, 4) is 11.4 Å². The number of thioether (sulfide) groups is 1. The SMILES string of the molecule is Cc1ccc(-n2nc(C)c(NC(=O)CSc3nncn3-c3ccc(C)c(Cl)c3)c2C)cc1. The molecular weight excluding hydrogens is 444 g/mol. The number of benzene rings is 2. The van der Waals surface area contributed by atoms with Crippen LogP contribution >= 0.6 is 23.4 Å². The van der Waals surface area contributed by atoms with E-state index in [4.69, 9.17) is 11.6 Å². The van der Waals surface area contributed by atoms with E-state index in [0.29, 0.717) is 10.2 Å². The van der Waals surface area contributed by atoms with Crippen molar-refractivity contribution in [1.29, 1.82) is 0 Å². The minimum absolute atomic E-state index is 0.138. The Hall–Kier alpha value is -3.10. The Morgan fingerprint density at radius 3 is 2.50 bits per heavy atom. The summed E-state index contributed by atoms with van der Waals surface area (Å²) in [7, 11) is 0. The molecule has 0 saturated heterocycles. The van der Waals surface area contributed by atoms with E-state index >= 15 is 0 Å². The number of amides is 1. The van der Waals surface area contributed by atoms with E-state index in [1.807, 2.05) is 79.4 Å². The van der Waals surface area contributed by atoms with Gasteiger partial charge in [0, 0.05) is 5.02 Å². The molecule has 1 N–H and O–H groups in total. The van der Waals surface area contributed by atoms with Crippen LogP contribution in [0.1, 0.15) is 22.5 Å². The molecule has 2 aromatic carbocycles. The topological polar surface area (TPSA) is 77.6 Å². The normalized spacial score (nSPS) is 11.0. The molecule has 0 aliphatic rings. The molecule has 2 aromatic heterocycles. The van der Waals surface area contributed by atoms with Gasteiger partial charge in [-0.3, -0.25) is 9.36 Å². The number of carbonyl (C=O) groups is 1. The summed E-state index contributed by atoms with van der Waals surface area (Å²) in [6, 6.07) is 13.9. The summed E-state index contributed by atoms with van der Waals surface area (Å²) in [5.41, 5.74) is 6.34. The summed E-state index contributed by atoms with van der Waals surface area (Å²) in [4.78, 5) is 12.7. The van der Waals surface area contributed by atoms with Crippen molar-refractivity contribution in [3.05, 3.63) is 76.3 Å². The van der Waals surface area contributed by atoms with Gasteiger partial charge >= 0.3 is 0 Å². The Labute approximate surface area is 195 Å². The monoisotopic (exact) mass is 466 g/mol. The highest BCUT2D eigenvalue weighted by Crippen LogP contribution is 2.26. The molecular formula is C23H23ClN6OS. The van der Waals surface area contributed by atoms with E-state index in [9.17, 15) is 4.79 Å². The molecule has 0 saturated carbocycles. The third-order valence-corrected chi connectivity index (χ3v) is 6.47. The molecule has 0 fully saturated rings. The maximum atomic E-state index is 12.7. The first-order valence-corrected chi connectivity index (χ1v) is 11.4. The number of anilines is 1. The molecule has 4 aromatic rings. The van der Waals surface area contributed by atoms with Crippen molar-refractivity contribution in [2.24, 2.45) is 0 Å². The molecule has 2 heterocycles. The molecule has 0 bridgehead atoms. The molecule has 32 heavy (non-hydrogen) atoms. The number of carbonyl (C=O) groups excluding carboxylic acids is 1. The van der Waals surface area contributed by atoms with Gasteiger partial charge in [0.15, 0.2) is 5.16 Å². The Morgan fingerprint density at radius 2 is 1.78 bits per heavy atom. The first kappa shape index (κ1) is 22.1. The molecule has 164 valence electrons. The van der Waals surface area contributed by atoms with Gasteiger partial charge in [-0.15, -0.1) is 10.2 Å². The Kier molecular flexibility index (Phi) is 6.34. The lowest BCUT2D eigenvalue weighted by atomic mass is 10.2. The lowest BCUT2D eigenvalue weighted by molar-refractivity contribution is -0.113. The minimum atomic E-state index is -0.138. The Balaban J connectivity index is 1.46. The predicted octanol–water partition coefficient (Wildman–Crippen LogP) is 5.07. The number of aromatic nitrogens is 5. The first-order valence-electron chi connectivity index (χ1n) is 10.1. The largest absolute Gasteiger partial charge is 0.322 e. The molecule has 1 amide bonds. The second kappa shape index (κ2) is 9.18. The fourth-order valence-corrected chi connectivity index (χ4v) is 4.20. The number of rotatable bonds is 6. The van der Waals surface area contributed by atoms with E-state index in [2.05, 4.69) is 20.6 Å². The van der Waals surface area contributed by atoms with Crippen molar-refractivity contribution in [2.45, 2.75) is 32.9 Å². The van der Waals surface area contributed by atoms with Gasteiger partial charge in [0.2, 0.25) is 5.91 Å².